The summed E-state index contributed by atoms with van der Waals surface area (Å²) in [5.74, 6) is 6.34. The van der Waals surface area contributed by atoms with Crippen LogP contribution in [0.2, 0.25) is 0 Å². The van der Waals surface area contributed by atoms with Crippen molar-refractivity contribution in [2.24, 2.45) is 12.9 Å². The van der Waals surface area contributed by atoms with Crippen LogP contribution in [0.15, 0.2) is 24.9 Å². The van der Waals surface area contributed by atoms with Crippen LogP contribution < -0.4 is 11.3 Å². The normalized spacial score (nSPS) is 12.6. The maximum atomic E-state index is 5.50. The zero-order valence-electron chi connectivity index (χ0n) is 8.91. The molecule has 0 aliphatic rings. The van der Waals surface area contributed by atoms with Crippen molar-refractivity contribution in [3.8, 4) is 0 Å². The van der Waals surface area contributed by atoms with Crippen LogP contribution in [0.1, 0.15) is 17.6 Å². The van der Waals surface area contributed by atoms with Crippen molar-refractivity contribution in [1.82, 2.24) is 30.2 Å². The fourth-order valence-electron chi connectivity index (χ4n) is 1.43. The van der Waals surface area contributed by atoms with E-state index >= 15 is 0 Å². The third-order valence-electron chi connectivity index (χ3n) is 2.33. The average molecular weight is 219 g/mol. The second-order valence-electron chi connectivity index (χ2n) is 3.35. The molecular formula is C9H13N7. The van der Waals surface area contributed by atoms with Gasteiger partial charge >= 0.3 is 0 Å². The third kappa shape index (κ3) is 2.20. The lowest BCUT2D eigenvalue weighted by Crippen LogP contribution is -2.31. The van der Waals surface area contributed by atoms with Crippen LogP contribution in [0, 0.1) is 0 Å². The lowest BCUT2D eigenvalue weighted by atomic mass is 10.1. The quantitative estimate of drug-likeness (QED) is 0.524. The highest BCUT2D eigenvalue weighted by molar-refractivity contribution is 5.05. The molecule has 0 amide bonds. The van der Waals surface area contributed by atoms with Gasteiger partial charge in [-0.15, -0.1) is 0 Å². The van der Waals surface area contributed by atoms with Crippen molar-refractivity contribution < 1.29 is 0 Å². The number of hydrogen-bond donors (Lipinski definition) is 2. The van der Waals surface area contributed by atoms with E-state index in [9.17, 15) is 0 Å². The minimum absolute atomic E-state index is 0.114. The molecule has 1 unspecified atom stereocenters. The Morgan fingerprint density at radius 3 is 2.88 bits per heavy atom. The van der Waals surface area contributed by atoms with E-state index < -0.39 is 0 Å². The molecule has 0 fully saturated rings. The van der Waals surface area contributed by atoms with E-state index in [1.165, 1.54) is 6.33 Å². The van der Waals surface area contributed by atoms with Gasteiger partial charge in [0.25, 0.3) is 0 Å². The van der Waals surface area contributed by atoms with E-state index in [1.54, 1.807) is 23.3 Å². The third-order valence-corrected chi connectivity index (χ3v) is 2.33. The number of aromatic nitrogens is 5. The molecule has 1 atom stereocenters. The van der Waals surface area contributed by atoms with E-state index in [4.69, 9.17) is 5.84 Å². The van der Waals surface area contributed by atoms with E-state index in [1.807, 2.05) is 7.05 Å². The molecule has 2 aromatic heterocycles. The monoisotopic (exact) mass is 219 g/mol. The van der Waals surface area contributed by atoms with Gasteiger partial charge in [0.05, 0.1) is 17.9 Å². The first-order valence-electron chi connectivity index (χ1n) is 4.86. The second kappa shape index (κ2) is 4.77. The smallest absolute Gasteiger partial charge is 0.138 e. The Morgan fingerprint density at radius 2 is 2.31 bits per heavy atom. The minimum atomic E-state index is -0.114. The van der Waals surface area contributed by atoms with Gasteiger partial charge in [-0.05, 0) is 0 Å². The molecule has 7 heteroatoms. The molecule has 0 aliphatic heterocycles. The van der Waals surface area contributed by atoms with Crippen LogP contribution in [0.25, 0.3) is 0 Å². The summed E-state index contributed by atoms with van der Waals surface area (Å²) in [5, 5.41) is 4.00. The molecule has 0 spiro atoms. The molecule has 0 radical (unpaired) electrons. The molecule has 84 valence electrons. The zero-order chi connectivity index (χ0) is 11.4. The molecule has 0 aliphatic carbocycles. The maximum Gasteiger partial charge on any atom is 0.138 e. The van der Waals surface area contributed by atoms with Gasteiger partial charge in [-0.1, -0.05) is 0 Å². The molecular weight excluding hydrogens is 206 g/mol. The summed E-state index contributed by atoms with van der Waals surface area (Å²) in [4.78, 5) is 12.3. The van der Waals surface area contributed by atoms with Gasteiger partial charge in [0.2, 0.25) is 0 Å². The van der Waals surface area contributed by atoms with Gasteiger partial charge in [-0.2, -0.15) is 5.10 Å². The number of nitrogens with two attached hydrogens (primary N) is 1. The SMILES string of the molecule is Cn1ncnc1CC(NN)c1cnccn1. The van der Waals surface area contributed by atoms with Crippen LogP contribution in [-0.2, 0) is 13.5 Å². The summed E-state index contributed by atoms with van der Waals surface area (Å²) in [6, 6.07) is -0.114. The second-order valence-corrected chi connectivity index (χ2v) is 3.35. The van der Waals surface area contributed by atoms with Crippen molar-refractivity contribution in [2.45, 2.75) is 12.5 Å². The molecule has 0 bridgehead atoms. The summed E-state index contributed by atoms with van der Waals surface area (Å²) < 4.78 is 1.71. The van der Waals surface area contributed by atoms with E-state index in [0.29, 0.717) is 6.42 Å². The van der Waals surface area contributed by atoms with Crippen LogP contribution in [0.4, 0.5) is 0 Å². The van der Waals surface area contributed by atoms with Gasteiger partial charge in [0.15, 0.2) is 0 Å². The molecule has 3 N–H and O–H groups in total. The first kappa shape index (κ1) is 10.7. The largest absolute Gasteiger partial charge is 0.271 e. The Labute approximate surface area is 92.7 Å². The Balaban J connectivity index is 2.16. The number of rotatable bonds is 4. The van der Waals surface area contributed by atoms with Crippen LogP contribution in [0.3, 0.4) is 0 Å². The Kier molecular flexibility index (Phi) is 3.18. The minimum Gasteiger partial charge on any atom is -0.271 e. The highest BCUT2D eigenvalue weighted by Gasteiger charge is 2.14. The molecule has 0 saturated carbocycles. The Hall–Kier alpha value is -1.86. The predicted octanol–water partition coefficient (Wildman–Crippen LogP) is -0.648. The van der Waals surface area contributed by atoms with E-state index in [-0.39, 0.29) is 6.04 Å². The van der Waals surface area contributed by atoms with Crippen molar-refractivity contribution in [2.75, 3.05) is 0 Å². The Bertz CT molecular complexity index is 438. The molecule has 7 nitrogen and oxygen atoms in total. The molecule has 0 saturated heterocycles. The predicted molar refractivity (Wildman–Crippen MR) is 56.8 cm³/mol. The number of hydrogen-bond acceptors (Lipinski definition) is 6. The lowest BCUT2D eigenvalue weighted by molar-refractivity contribution is 0.510. The number of aryl methyl sites for hydroxylation is 1. The van der Waals surface area contributed by atoms with Gasteiger partial charge in [0.1, 0.15) is 12.2 Å². The van der Waals surface area contributed by atoms with Crippen molar-refractivity contribution in [3.05, 3.63) is 36.4 Å². The lowest BCUT2D eigenvalue weighted by Gasteiger charge is -2.13. The van der Waals surface area contributed by atoms with Crippen LogP contribution in [0.5, 0.6) is 0 Å². The van der Waals surface area contributed by atoms with E-state index in [0.717, 1.165) is 11.5 Å². The fourth-order valence-corrected chi connectivity index (χ4v) is 1.43. The molecule has 2 rings (SSSR count). The maximum absolute atomic E-state index is 5.50. The van der Waals surface area contributed by atoms with Crippen LogP contribution >= 0.6 is 0 Å². The number of hydrazine groups is 1. The van der Waals surface area contributed by atoms with Crippen molar-refractivity contribution in [3.63, 3.8) is 0 Å². The van der Waals surface area contributed by atoms with Gasteiger partial charge in [-0.25, -0.2) is 4.98 Å². The number of nitrogens with zero attached hydrogens (tertiary/aromatic N) is 5. The summed E-state index contributed by atoms with van der Waals surface area (Å²) >= 11 is 0. The fraction of sp³-hybridized carbons (Fsp3) is 0.333. The average Bonchev–Trinajstić information content (AvgIpc) is 2.73. The molecule has 2 aromatic rings. The summed E-state index contributed by atoms with van der Waals surface area (Å²) in [6.45, 7) is 0. The first-order valence-corrected chi connectivity index (χ1v) is 4.86. The molecule has 2 heterocycles. The standard InChI is InChI=1S/C9H13N7/c1-16-9(13-6-14-16)4-7(15-10)8-5-11-2-3-12-8/h2-3,5-7,15H,4,10H2,1H3. The summed E-state index contributed by atoms with van der Waals surface area (Å²) in [5.41, 5.74) is 3.49. The highest BCUT2D eigenvalue weighted by atomic mass is 15.3. The summed E-state index contributed by atoms with van der Waals surface area (Å²) in [7, 11) is 1.84. The van der Waals surface area contributed by atoms with Crippen molar-refractivity contribution >= 4 is 0 Å². The first-order chi connectivity index (χ1) is 7.81. The summed E-state index contributed by atoms with van der Waals surface area (Å²) in [6.07, 6.45) is 7.07. The number of nitrogens with one attached hydrogen (secondary N) is 1. The zero-order valence-corrected chi connectivity index (χ0v) is 8.91. The van der Waals surface area contributed by atoms with Gasteiger partial charge < -0.3 is 0 Å². The molecule has 16 heavy (non-hydrogen) atoms. The van der Waals surface area contributed by atoms with E-state index in [2.05, 4.69) is 25.5 Å². The van der Waals surface area contributed by atoms with Crippen LogP contribution in [-0.4, -0.2) is 24.7 Å². The highest BCUT2D eigenvalue weighted by Crippen LogP contribution is 2.12. The topological polar surface area (TPSA) is 94.5 Å². The Morgan fingerprint density at radius 1 is 1.44 bits per heavy atom. The molecule has 0 aromatic carbocycles. The van der Waals surface area contributed by atoms with Crippen molar-refractivity contribution in [1.29, 1.82) is 0 Å². The van der Waals surface area contributed by atoms with Gasteiger partial charge in [0, 0.05) is 25.9 Å². The van der Waals surface area contributed by atoms with Gasteiger partial charge in [-0.3, -0.25) is 25.9 Å².